The summed E-state index contributed by atoms with van der Waals surface area (Å²) < 4.78 is 39.4. The van der Waals surface area contributed by atoms with Gasteiger partial charge in [0, 0.05) is 12.2 Å². The molecule has 0 aliphatic heterocycles. The Morgan fingerprint density at radius 3 is 2.67 bits per heavy atom. The maximum Gasteiger partial charge on any atom is 0.406 e. The highest BCUT2D eigenvalue weighted by Crippen LogP contribution is 2.29. The van der Waals surface area contributed by atoms with Crippen LogP contribution in [0.5, 0.6) is 0 Å². The van der Waals surface area contributed by atoms with Gasteiger partial charge >= 0.3 is 6.18 Å². The van der Waals surface area contributed by atoms with Gasteiger partial charge in [-0.2, -0.15) is 18.4 Å². The minimum Gasteiger partial charge on any atom is -0.330 e. The molecule has 1 atom stereocenters. The van der Waals surface area contributed by atoms with Crippen LogP contribution in [0.3, 0.4) is 0 Å². The molecular formula is C12H14F3N3. The van der Waals surface area contributed by atoms with E-state index in [2.05, 4.69) is 4.98 Å². The highest BCUT2D eigenvalue weighted by Gasteiger charge is 2.40. The number of hydrogen-bond donors (Lipinski definition) is 0. The van der Waals surface area contributed by atoms with Crippen molar-refractivity contribution in [3.8, 4) is 6.07 Å². The van der Waals surface area contributed by atoms with Gasteiger partial charge in [0.2, 0.25) is 0 Å². The van der Waals surface area contributed by atoms with E-state index in [1.54, 1.807) is 11.5 Å². The summed E-state index contributed by atoms with van der Waals surface area (Å²) in [5.41, 5.74) is 1.78. The van der Waals surface area contributed by atoms with Crippen LogP contribution in [0.15, 0.2) is 0 Å². The van der Waals surface area contributed by atoms with Crippen molar-refractivity contribution in [3.05, 3.63) is 17.2 Å². The van der Waals surface area contributed by atoms with Gasteiger partial charge < -0.3 is 4.57 Å². The average Bonchev–Trinajstić information content (AvgIpc) is 2.60. The summed E-state index contributed by atoms with van der Waals surface area (Å²) in [6.07, 6.45) is -0.891. The molecule has 0 aromatic carbocycles. The Labute approximate surface area is 103 Å². The third-order valence-corrected chi connectivity index (χ3v) is 3.34. The molecule has 1 aromatic rings. The highest BCUT2D eigenvalue weighted by molar-refractivity contribution is 5.20. The van der Waals surface area contributed by atoms with Crippen LogP contribution < -0.4 is 0 Å². The van der Waals surface area contributed by atoms with Crippen LogP contribution in [0.25, 0.3) is 0 Å². The highest BCUT2D eigenvalue weighted by atomic mass is 19.4. The van der Waals surface area contributed by atoms with E-state index in [4.69, 9.17) is 5.26 Å². The van der Waals surface area contributed by atoms with E-state index in [-0.39, 0.29) is 6.54 Å². The van der Waals surface area contributed by atoms with E-state index in [1.165, 1.54) is 6.07 Å². The molecule has 0 radical (unpaired) electrons. The predicted molar refractivity (Wildman–Crippen MR) is 58.8 cm³/mol. The van der Waals surface area contributed by atoms with Crippen LogP contribution in [-0.4, -0.2) is 15.7 Å². The quantitative estimate of drug-likeness (QED) is 0.817. The summed E-state index contributed by atoms with van der Waals surface area (Å²) >= 11 is 0. The van der Waals surface area contributed by atoms with Crippen LogP contribution >= 0.6 is 0 Å². The molecule has 2 rings (SSSR count). The van der Waals surface area contributed by atoms with E-state index >= 15 is 0 Å². The van der Waals surface area contributed by atoms with Crippen LogP contribution in [0.4, 0.5) is 13.2 Å². The number of imidazole rings is 1. The fraction of sp³-hybridized carbons (Fsp3) is 0.667. The summed E-state index contributed by atoms with van der Waals surface area (Å²) in [6, 6.07) is 1.34. The Hall–Kier alpha value is -1.51. The molecule has 0 saturated carbocycles. The standard InChI is InChI=1S/C12H14F3N3/c1-8-17-10-4-2-3-5-11(10)18(8)7-9(6-16)12(13,14)15/h9H,2-5,7H2,1H3. The Bertz CT molecular complexity index is 482. The molecule has 1 aromatic heterocycles. The van der Waals surface area contributed by atoms with Crippen molar-refractivity contribution in [2.45, 2.75) is 45.3 Å². The predicted octanol–water partition coefficient (Wildman–Crippen LogP) is 2.77. The van der Waals surface area contributed by atoms with Crippen molar-refractivity contribution in [1.82, 2.24) is 9.55 Å². The first-order valence-electron chi connectivity index (χ1n) is 5.94. The number of nitrogens with zero attached hydrogens (tertiary/aromatic N) is 3. The number of hydrogen-bond acceptors (Lipinski definition) is 2. The smallest absolute Gasteiger partial charge is 0.330 e. The lowest BCUT2D eigenvalue weighted by molar-refractivity contribution is -0.162. The van der Waals surface area contributed by atoms with Gasteiger partial charge in [0.1, 0.15) is 5.82 Å². The summed E-state index contributed by atoms with van der Waals surface area (Å²) in [6.45, 7) is 1.36. The molecule has 18 heavy (non-hydrogen) atoms. The second-order valence-corrected chi connectivity index (χ2v) is 4.59. The number of aryl methyl sites for hydroxylation is 2. The van der Waals surface area contributed by atoms with Gasteiger partial charge in [0.05, 0.1) is 11.8 Å². The second kappa shape index (κ2) is 4.63. The normalized spacial score (nSPS) is 17.1. The van der Waals surface area contributed by atoms with E-state index in [0.717, 1.165) is 37.1 Å². The lowest BCUT2D eigenvalue weighted by Gasteiger charge is -2.18. The van der Waals surface area contributed by atoms with Gasteiger partial charge in [-0.25, -0.2) is 4.98 Å². The molecule has 0 N–H and O–H groups in total. The number of halogens is 3. The monoisotopic (exact) mass is 257 g/mol. The van der Waals surface area contributed by atoms with Gasteiger partial charge in [0.25, 0.3) is 0 Å². The van der Waals surface area contributed by atoms with Crippen LogP contribution in [0.1, 0.15) is 30.1 Å². The zero-order valence-corrected chi connectivity index (χ0v) is 10.1. The largest absolute Gasteiger partial charge is 0.406 e. The lowest BCUT2D eigenvalue weighted by atomic mass is 10.0. The molecule has 1 heterocycles. The van der Waals surface area contributed by atoms with Gasteiger partial charge in [-0.1, -0.05) is 0 Å². The topological polar surface area (TPSA) is 41.6 Å². The van der Waals surface area contributed by atoms with Crippen LogP contribution in [0, 0.1) is 24.2 Å². The summed E-state index contributed by atoms with van der Waals surface area (Å²) in [4.78, 5) is 4.31. The van der Waals surface area contributed by atoms with Gasteiger partial charge in [0.15, 0.2) is 5.92 Å². The molecule has 1 unspecified atom stereocenters. The Kier molecular flexibility index (Phi) is 3.33. The van der Waals surface area contributed by atoms with Gasteiger partial charge in [-0.05, 0) is 32.6 Å². The van der Waals surface area contributed by atoms with Gasteiger partial charge in [-0.15, -0.1) is 0 Å². The fourth-order valence-corrected chi connectivity index (χ4v) is 2.38. The molecular weight excluding hydrogens is 243 g/mol. The second-order valence-electron chi connectivity index (χ2n) is 4.59. The van der Waals surface area contributed by atoms with E-state index in [9.17, 15) is 13.2 Å². The van der Waals surface area contributed by atoms with E-state index < -0.39 is 12.1 Å². The maximum absolute atomic E-state index is 12.6. The first kappa shape index (κ1) is 12.9. The molecule has 0 saturated heterocycles. The minimum absolute atomic E-state index is 0.339. The molecule has 1 aliphatic carbocycles. The molecule has 0 bridgehead atoms. The number of nitriles is 1. The van der Waals surface area contributed by atoms with Crippen molar-refractivity contribution < 1.29 is 13.2 Å². The third-order valence-electron chi connectivity index (χ3n) is 3.34. The van der Waals surface area contributed by atoms with E-state index in [0.29, 0.717) is 5.82 Å². The van der Waals surface area contributed by atoms with Crippen molar-refractivity contribution >= 4 is 0 Å². The van der Waals surface area contributed by atoms with E-state index in [1.807, 2.05) is 0 Å². The first-order chi connectivity index (χ1) is 8.43. The summed E-state index contributed by atoms with van der Waals surface area (Å²) in [5, 5.41) is 8.65. The molecule has 3 nitrogen and oxygen atoms in total. The molecule has 0 amide bonds. The lowest BCUT2D eigenvalue weighted by Crippen LogP contribution is -2.27. The number of fused-ring (bicyclic) bond motifs is 1. The number of alkyl halides is 3. The average molecular weight is 257 g/mol. The van der Waals surface area contributed by atoms with Crippen molar-refractivity contribution in [3.63, 3.8) is 0 Å². The van der Waals surface area contributed by atoms with Crippen LogP contribution in [-0.2, 0) is 19.4 Å². The minimum atomic E-state index is -4.48. The van der Waals surface area contributed by atoms with Crippen molar-refractivity contribution in [2.75, 3.05) is 0 Å². The molecule has 1 aliphatic rings. The Morgan fingerprint density at radius 1 is 1.39 bits per heavy atom. The first-order valence-corrected chi connectivity index (χ1v) is 5.94. The summed E-state index contributed by atoms with van der Waals surface area (Å²) in [5.74, 6) is -1.39. The number of rotatable bonds is 2. The van der Waals surface area contributed by atoms with Crippen molar-refractivity contribution in [2.24, 2.45) is 5.92 Å². The van der Waals surface area contributed by atoms with Gasteiger partial charge in [-0.3, -0.25) is 0 Å². The molecule has 98 valence electrons. The third kappa shape index (κ3) is 2.35. The number of aromatic nitrogens is 2. The molecule has 0 spiro atoms. The maximum atomic E-state index is 12.6. The SMILES string of the molecule is Cc1nc2c(n1CC(C#N)C(F)(F)F)CCCC2. The Balaban J connectivity index is 2.29. The Morgan fingerprint density at radius 2 is 2.06 bits per heavy atom. The fourth-order valence-electron chi connectivity index (χ4n) is 2.38. The van der Waals surface area contributed by atoms with Crippen molar-refractivity contribution in [1.29, 1.82) is 5.26 Å². The summed E-state index contributed by atoms with van der Waals surface area (Å²) in [7, 11) is 0. The van der Waals surface area contributed by atoms with Crippen LogP contribution in [0.2, 0.25) is 0 Å². The zero-order valence-electron chi connectivity index (χ0n) is 10.1. The molecule has 0 fully saturated rings. The molecule has 6 heteroatoms. The zero-order chi connectivity index (χ0) is 13.3.